The number of hydrogen-bond acceptors (Lipinski definition) is 6. The standard InChI is InChI=1S/C27H21NO7/c1-16-13-24(29)35-23-15-18(11-12-19(16)23)34-27(33)22(14-17-7-3-2-4-8-17)28-25(30)20-9-5-6-10-21(20)26(31)32/h2-13,15,22H,14H2,1H3,(H,28,30)(H,31,32)/t22-/m0/s1. The van der Waals surface area contributed by atoms with Crippen LogP contribution in [0.4, 0.5) is 0 Å². The molecule has 1 aromatic heterocycles. The number of carbonyl (C=O) groups excluding carboxylic acids is 2. The van der Waals surface area contributed by atoms with E-state index in [9.17, 15) is 24.3 Å². The number of esters is 1. The van der Waals surface area contributed by atoms with Gasteiger partial charge in [-0.1, -0.05) is 42.5 Å². The average molecular weight is 471 g/mol. The Morgan fingerprint density at radius 2 is 1.63 bits per heavy atom. The van der Waals surface area contributed by atoms with Crippen LogP contribution in [0.1, 0.15) is 31.8 Å². The van der Waals surface area contributed by atoms with E-state index in [1.165, 1.54) is 36.4 Å². The third-order valence-corrected chi connectivity index (χ3v) is 5.42. The highest BCUT2D eigenvalue weighted by Gasteiger charge is 2.26. The number of fused-ring (bicyclic) bond motifs is 1. The predicted molar refractivity (Wildman–Crippen MR) is 128 cm³/mol. The molecule has 3 aromatic carbocycles. The quantitative estimate of drug-likeness (QED) is 0.239. The Hall–Kier alpha value is -4.72. The Balaban J connectivity index is 1.62. The van der Waals surface area contributed by atoms with Gasteiger partial charge in [-0.25, -0.2) is 14.4 Å². The summed E-state index contributed by atoms with van der Waals surface area (Å²) in [6, 6.07) is 19.7. The van der Waals surface area contributed by atoms with E-state index in [1.54, 1.807) is 43.3 Å². The maximum atomic E-state index is 13.1. The fourth-order valence-corrected chi connectivity index (χ4v) is 3.70. The molecule has 8 heteroatoms. The molecule has 4 rings (SSSR count). The molecule has 0 saturated heterocycles. The van der Waals surface area contributed by atoms with Crippen LogP contribution >= 0.6 is 0 Å². The molecular weight excluding hydrogens is 450 g/mol. The second-order valence-corrected chi connectivity index (χ2v) is 7.89. The summed E-state index contributed by atoms with van der Waals surface area (Å²) >= 11 is 0. The molecule has 2 N–H and O–H groups in total. The Morgan fingerprint density at radius 1 is 0.943 bits per heavy atom. The normalized spacial score (nSPS) is 11.6. The maximum absolute atomic E-state index is 13.1. The largest absolute Gasteiger partial charge is 0.478 e. The number of rotatable bonds is 7. The highest BCUT2D eigenvalue weighted by Crippen LogP contribution is 2.23. The number of carbonyl (C=O) groups is 3. The van der Waals surface area contributed by atoms with Crippen LogP contribution in [-0.2, 0) is 11.2 Å². The van der Waals surface area contributed by atoms with Crippen molar-refractivity contribution < 1.29 is 28.6 Å². The first-order valence-corrected chi connectivity index (χ1v) is 10.7. The highest BCUT2D eigenvalue weighted by atomic mass is 16.5. The molecule has 35 heavy (non-hydrogen) atoms. The summed E-state index contributed by atoms with van der Waals surface area (Å²) in [7, 11) is 0. The van der Waals surface area contributed by atoms with Crippen molar-refractivity contribution in [1.82, 2.24) is 5.32 Å². The highest BCUT2D eigenvalue weighted by molar-refractivity contribution is 6.05. The van der Waals surface area contributed by atoms with E-state index in [1.807, 2.05) is 6.07 Å². The average Bonchev–Trinajstić information content (AvgIpc) is 2.83. The minimum Gasteiger partial charge on any atom is -0.478 e. The van der Waals surface area contributed by atoms with Crippen molar-refractivity contribution in [2.45, 2.75) is 19.4 Å². The van der Waals surface area contributed by atoms with Gasteiger partial charge in [-0.05, 0) is 42.3 Å². The SMILES string of the molecule is Cc1cc(=O)oc2cc(OC(=O)[C@H](Cc3ccccc3)NC(=O)c3ccccc3C(=O)O)ccc12. The smallest absolute Gasteiger partial charge is 0.336 e. The van der Waals surface area contributed by atoms with Crippen LogP contribution in [0.25, 0.3) is 11.0 Å². The molecule has 1 heterocycles. The minimum absolute atomic E-state index is 0.0752. The maximum Gasteiger partial charge on any atom is 0.336 e. The van der Waals surface area contributed by atoms with Crippen LogP contribution in [0.15, 0.2) is 88.1 Å². The monoisotopic (exact) mass is 471 g/mol. The van der Waals surface area contributed by atoms with Gasteiger partial charge in [-0.3, -0.25) is 4.79 Å². The molecule has 176 valence electrons. The third kappa shape index (κ3) is 5.44. The summed E-state index contributed by atoms with van der Waals surface area (Å²) in [5.41, 5.74) is 0.969. The van der Waals surface area contributed by atoms with Gasteiger partial charge >= 0.3 is 17.6 Å². The number of amides is 1. The van der Waals surface area contributed by atoms with Crippen LogP contribution in [0.5, 0.6) is 5.75 Å². The van der Waals surface area contributed by atoms with Gasteiger partial charge < -0.3 is 19.6 Å². The minimum atomic E-state index is -1.26. The predicted octanol–water partition coefficient (Wildman–Crippen LogP) is 3.75. The van der Waals surface area contributed by atoms with Gasteiger partial charge in [-0.2, -0.15) is 0 Å². The number of carboxylic acids is 1. The van der Waals surface area contributed by atoms with Crippen molar-refractivity contribution in [2.75, 3.05) is 0 Å². The number of carboxylic acid groups (broad SMARTS) is 1. The van der Waals surface area contributed by atoms with Crippen LogP contribution in [0.2, 0.25) is 0 Å². The molecule has 8 nitrogen and oxygen atoms in total. The Bertz CT molecular complexity index is 1470. The van der Waals surface area contributed by atoms with Crippen molar-refractivity contribution in [2.24, 2.45) is 0 Å². The fourth-order valence-electron chi connectivity index (χ4n) is 3.70. The first kappa shape index (κ1) is 23.4. The zero-order chi connectivity index (χ0) is 24.9. The van der Waals surface area contributed by atoms with E-state index in [4.69, 9.17) is 9.15 Å². The van der Waals surface area contributed by atoms with Gasteiger partial charge in [0.05, 0.1) is 11.1 Å². The zero-order valence-corrected chi connectivity index (χ0v) is 18.7. The number of nitrogens with one attached hydrogen (secondary N) is 1. The van der Waals surface area contributed by atoms with Gasteiger partial charge in [0.15, 0.2) is 0 Å². The molecule has 0 fully saturated rings. The molecule has 0 aliphatic heterocycles. The van der Waals surface area contributed by atoms with Gasteiger partial charge in [0.2, 0.25) is 0 Å². The molecule has 0 saturated carbocycles. The molecule has 0 radical (unpaired) electrons. The van der Waals surface area contributed by atoms with Crippen molar-refractivity contribution in [3.63, 3.8) is 0 Å². The molecule has 0 aliphatic rings. The third-order valence-electron chi connectivity index (χ3n) is 5.42. The molecule has 4 aromatic rings. The number of benzene rings is 3. The lowest BCUT2D eigenvalue weighted by molar-refractivity contribution is -0.136. The summed E-state index contributed by atoms with van der Waals surface area (Å²) < 4.78 is 10.7. The van der Waals surface area contributed by atoms with E-state index in [-0.39, 0.29) is 28.9 Å². The van der Waals surface area contributed by atoms with Crippen molar-refractivity contribution in [3.05, 3.63) is 112 Å². The first-order valence-electron chi connectivity index (χ1n) is 10.7. The van der Waals surface area contributed by atoms with E-state index in [0.29, 0.717) is 5.39 Å². The molecule has 0 bridgehead atoms. The van der Waals surface area contributed by atoms with E-state index in [0.717, 1.165) is 11.1 Å². The van der Waals surface area contributed by atoms with Crippen LogP contribution in [-0.4, -0.2) is 29.0 Å². The molecule has 0 spiro atoms. The number of ether oxygens (including phenoxy) is 1. The fraction of sp³-hybridized carbons (Fsp3) is 0.111. The van der Waals surface area contributed by atoms with E-state index < -0.39 is 29.5 Å². The zero-order valence-electron chi connectivity index (χ0n) is 18.7. The summed E-state index contributed by atoms with van der Waals surface area (Å²) in [5.74, 6) is -2.61. The second-order valence-electron chi connectivity index (χ2n) is 7.89. The van der Waals surface area contributed by atoms with Crippen molar-refractivity contribution >= 4 is 28.8 Å². The molecular formula is C27H21NO7. The van der Waals surface area contributed by atoms with Crippen LogP contribution in [0, 0.1) is 6.92 Å². The lowest BCUT2D eigenvalue weighted by atomic mass is 10.0. The van der Waals surface area contributed by atoms with Crippen molar-refractivity contribution in [1.29, 1.82) is 0 Å². The number of aromatic carboxylic acids is 1. The summed E-state index contributed by atoms with van der Waals surface area (Å²) in [6.07, 6.45) is 0.114. The number of aryl methyl sites for hydroxylation is 1. The lowest BCUT2D eigenvalue weighted by Gasteiger charge is -2.18. The number of hydrogen-bond donors (Lipinski definition) is 2. The summed E-state index contributed by atoms with van der Waals surface area (Å²) in [5, 5.41) is 12.7. The van der Waals surface area contributed by atoms with E-state index in [2.05, 4.69) is 5.32 Å². The first-order chi connectivity index (χ1) is 16.8. The molecule has 1 atom stereocenters. The molecule has 1 amide bonds. The van der Waals surface area contributed by atoms with Crippen molar-refractivity contribution in [3.8, 4) is 5.75 Å². The van der Waals surface area contributed by atoms with E-state index >= 15 is 0 Å². The lowest BCUT2D eigenvalue weighted by Crippen LogP contribution is -2.44. The van der Waals surface area contributed by atoms with Gasteiger partial charge in [0, 0.05) is 23.9 Å². The second kappa shape index (κ2) is 10.0. The summed E-state index contributed by atoms with van der Waals surface area (Å²) in [6.45, 7) is 1.77. The molecule has 0 unspecified atom stereocenters. The Labute approximate surface area is 199 Å². The summed E-state index contributed by atoms with van der Waals surface area (Å²) in [4.78, 5) is 49.3. The van der Waals surface area contributed by atoms with Gasteiger partial charge in [-0.15, -0.1) is 0 Å². The topological polar surface area (TPSA) is 123 Å². The Kier molecular flexibility index (Phi) is 6.73. The molecule has 0 aliphatic carbocycles. The Morgan fingerprint density at radius 3 is 2.34 bits per heavy atom. The van der Waals surface area contributed by atoms with Gasteiger partial charge in [0.1, 0.15) is 17.4 Å². The van der Waals surface area contributed by atoms with Crippen LogP contribution in [0.3, 0.4) is 0 Å². The van der Waals surface area contributed by atoms with Crippen LogP contribution < -0.4 is 15.7 Å². The van der Waals surface area contributed by atoms with Gasteiger partial charge in [0.25, 0.3) is 5.91 Å².